The van der Waals surface area contributed by atoms with Crippen LogP contribution in [0, 0.1) is 0 Å². The van der Waals surface area contributed by atoms with Gasteiger partial charge in [-0.05, 0) is 30.5 Å². The van der Waals surface area contributed by atoms with Gasteiger partial charge in [0.05, 0.1) is 0 Å². The minimum Gasteiger partial charge on any atom is -0.445 e. The van der Waals surface area contributed by atoms with Crippen LogP contribution in [-0.2, 0) is 4.74 Å². The van der Waals surface area contributed by atoms with Crippen molar-refractivity contribution in [3.63, 3.8) is 0 Å². The fourth-order valence-corrected chi connectivity index (χ4v) is 1.49. The molecule has 1 rings (SSSR count). The van der Waals surface area contributed by atoms with Crippen LogP contribution in [0.25, 0.3) is 0 Å². The molecule has 0 aromatic heterocycles. The molecule has 0 aliphatic heterocycles. The molecule has 1 amide bonds. The number of rotatable bonds is 6. The van der Waals surface area contributed by atoms with Crippen molar-refractivity contribution < 1.29 is 9.53 Å². The Labute approximate surface area is 109 Å². The van der Waals surface area contributed by atoms with Crippen LogP contribution in [0.4, 0.5) is 10.5 Å². The highest BCUT2D eigenvalue weighted by Gasteiger charge is 2.03. The number of nitrogens with one attached hydrogen (secondary N) is 1. The van der Waals surface area contributed by atoms with Crippen molar-refractivity contribution >= 4 is 11.8 Å². The van der Waals surface area contributed by atoms with Crippen molar-refractivity contribution in [2.45, 2.75) is 33.1 Å². The van der Waals surface area contributed by atoms with E-state index in [4.69, 9.17) is 4.74 Å². The van der Waals surface area contributed by atoms with Crippen LogP contribution < -0.4 is 5.32 Å². The lowest BCUT2D eigenvalue weighted by Crippen LogP contribution is -2.15. The number of allylic oxidation sites excluding steroid dienone is 1. The van der Waals surface area contributed by atoms with Gasteiger partial charge < -0.3 is 4.74 Å². The SMILES string of the molecule is CCC/C=C(/CC)COC(=O)Nc1ccccc1. The fraction of sp³-hybridized carbons (Fsp3) is 0.400. The topological polar surface area (TPSA) is 38.3 Å². The Bertz CT molecular complexity index is 385. The predicted molar refractivity (Wildman–Crippen MR) is 74.7 cm³/mol. The van der Waals surface area contributed by atoms with E-state index in [0.29, 0.717) is 6.61 Å². The highest BCUT2D eigenvalue weighted by molar-refractivity contribution is 5.84. The average molecular weight is 247 g/mol. The highest BCUT2D eigenvalue weighted by Crippen LogP contribution is 2.08. The Morgan fingerprint density at radius 3 is 2.61 bits per heavy atom. The summed E-state index contributed by atoms with van der Waals surface area (Å²) >= 11 is 0. The van der Waals surface area contributed by atoms with Gasteiger partial charge in [0.15, 0.2) is 0 Å². The molecule has 3 nitrogen and oxygen atoms in total. The largest absolute Gasteiger partial charge is 0.445 e. The number of unbranched alkanes of at least 4 members (excludes halogenated alkanes) is 1. The average Bonchev–Trinajstić information content (AvgIpc) is 2.40. The highest BCUT2D eigenvalue weighted by atomic mass is 16.5. The summed E-state index contributed by atoms with van der Waals surface area (Å²) in [6.07, 6.45) is 4.80. The van der Waals surface area contributed by atoms with Crippen LogP contribution in [0.1, 0.15) is 33.1 Å². The number of hydrogen-bond acceptors (Lipinski definition) is 2. The van der Waals surface area contributed by atoms with Crippen LogP contribution in [0.2, 0.25) is 0 Å². The number of amides is 1. The molecule has 0 bridgehead atoms. The molecule has 18 heavy (non-hydrogen) atoms. The van der Waals surface area contributed by atoms with E-state index in [2.05, 4.69) is 25.2 Å². The second-order valence-electron chi connectivity index (χ2n) is 4.07. The molecule has 0 unspecified atom stereocenters. The third kappa shape index (κ3) is 5.53. The zero-order valence-electron chi connectivity index (χ0n) is 11.1. The fourth-order valence-electron chi connectivity index (χ4n) is 1.49. The van der Waals surface area contributed by atoms with Crippen molar-refractivity contribution in [1.82, 2.24) is 0 Å². The van der Waals surface area contributed by atoms with E-state index in [-0.39, 0.29) is 0 Å². The molecule has 98 valence electrons. The first-order valence-corrected chi connectivity index (χ1v) is 6.43. The first-order chi connectivity index (χ1) is 8.76. The number of anilines is 1. The van der Waals surface area contributed by atoms with Crippen molar-refractivity contribution in [2.75, 3.05) is 11.9 Å². The molecular weight excluding hydrogens is 226 g/mol. The molecule has 0 fully saturated rings. The summed E-state index contributed by atoms with van der Waals surface area (Å²) in [5.41, 5.74) is 1.91. The van der Waals surface area contributed by atoms with E-state index in [9.17, 15) is 4.79 Å². The van der Waals surface area contributed by atoms with Gasteiger partial charge >= 0.3 is 6.09 Å². The number of para-hydroxylation sites is 1. The van der Waals surface area contributed by atoms with Crippen molar-refractivity contribution in [3.8, 4) is 0 Å². The molecule has 1 aromatic carbocycles. The van der Waals surface area contributed by atoms with Crippen LogP contribution in [0.3, 0.4) is 0 Å². The van der Waals surface area contributed by atoms with Crippen molar-refractivity contribution in [1.29, 1.82) is 0 Å². The number of hydrogen-bond donors (Lipinski definition) is 1. The Hall–Kier alpha value is -1.77. The summed E-state index contributed by atoms with van der Waals surface area (Å²) in [5, 5.41) is 2.69. The molecule has 3 heteroatoms. The molecule has 0 spiro atoms. The Kier molecular flexibility index (Phi) is 6.62. The Morgan fingerprint density at radius 2 is 2.00 bits per heavy atom. The maximum absolute atomic E-state index is 11.5. The van der Waals surface area contributed by atoms with Gasteiger partial charge in [0.1, 0.15) is 6.61 Å². The Balaban J connectivity index is 2.36. The summed E-state index contributed by atoms with van der Waals surface area (Å²) < 4.78 is 5.18. The number of ether oxygens (including phenoxy) is 1. The van der Waals surface area contributed by atoms with Crippen molar-refractivity contribution in [2.24, 2.45) is 0 Å². The summed E-state index contributed by atoms with van der Waals surface area (Å²) in [6, 6.07) is 9.30. The summed E-state index contributed by atoms with van der Waals surface area (Å²) in [6.45, 7) is 4.57. The molecule has 1 N–H and O–H groups in total. The first kappa shape index (κ1) is 14.3. The van der Waals surface area contributed by atoms with E-state index in [1.54, 1.807) is 0 Å². The summed E-state index contributed by atoms with van der Waals surface area (Å²) in [4.78, 5) is 11.5. The second kappa shape index (κ2) is 8.34. The molecule has 1 aromatic rings. The van der Waals surface area contributed by atoms with Crippen LogP contribution in [0.15, 0.2) is 42.0 Å². The molecule has 0 aliphatic carbocycles. The predicted octanol–water partition coefficient (Wildman–Crippen LogP) is 4.37. The van der Waals surface area contributed by atoms with Gasteiger partial charge in [0.25, 0.3) is 0 Å². The lowest BCUT2D eigenvalue weighted by Gasteiger charge is -2.08. The summed E-state index contributed by atoms with van der Waals surface area (Å²) in [7, 11) is 0. The number of carbonyl (C=O) groups excluding carboxylic acids is 1. The van der Waals surface area contributed by atoms with Gasteiger partial charge in [-0.25, -0.2) is 4.79 Å². The molecule has 0 saturated heterocycles. The summed E-state index contributed by atoms with van der Waals surface area (Å²) in [5.74, 6) is 0. The van der Waals surface area contributed by atoms with E-state index >= 15 is 0 Å². The van der Waals surface area contributed by atoms with Gasteiger partial charge in [-0.1, -0.05) is 44.5 Å². The third-order valence-electron chi connectivity index (χ3n) is 2.58. The van der Waals surface area contributed by atoms with E-state index in [0.717, 1.165) is 24.9 Å². The molecule has 0 heterocycles. The first-order valence-electron chi connectivity index (χ1n) is 6.43. The third-order valence-corrected chi connectivity index (χ3v) is 2.58. The standard InChI is InChI=1S/C15H21NO2/c1-3-5-9-13(4-2)12-18-15(17)16-14-10-7-6-8-11-14/h6-11H,3-5,12H2,1-2H3,(H,16,17)/b13-9-. The van der Waals surface area contributed by atoms with Crippen molar-refractivity contribution in [3.05, 3.63) is 42.0 Å². The molecule has 0 atom stereocenters. The molecule has 0 saturated carbocycles. The van der Waals surface area contributed by atoms with Crippen LogP contribution >= 0.6 is 0 Å². The Morgan fingerprint density at radius 1 is 1.28 bits per heavy atom. The maximum atomic E-state index is 11.5. The van der Waals surface area contributed by atoms with E-state index < -0.39 is 6.09 Å². The minimum absolute atomic E-state index is 0.370. The van der Waals surface area contributed by atoms with Gasteiger partial charge in [0.2, 0.25) is 0 Å². The zero-order chi connectivity index (χ0) is 13.2. The monoisotopic (exact) mass is 247 g/mol. The minimum atomic E-state index is -0.406. The smallest absolute Gasteiger partial charge is 0.411 e. The zero-order valence-corrected chi connectivity index (χ0v) is 11.1. The van der Waals surface area contributed by atoms with Crippen LogP contribution in [0.5, 0.6) is 0 Å². The van der Waals surface area contributed by atoms with E-state index in [1.807, 2.05) is 30.3 Å². The molecular formula is C15H21NO2. The van der Waals surface area contributed by atoms with Gasteiger partial charge in [0, 0.05) is 5.69 Å². The number of carbonyl (C=O) groups is 1. The second-order valence-corrected chi connectivity index (χ2v) is 4.07. The quantitative estimate of drug-likeness (QED) is 0.758. The number of benzene rings is 1. The maximum Gasteiger partial charge on any atom is 0.411 e. The lowest BCUT2D eigenvalue weighted by atomic mass is 10.1. The van der Waals surface area contributed by atoms with Gasteiger partial charge in [-0.15, -0.1) is 0 Å². The van der Waals surface area contributed by atoms with E-state index in [1.165, 1.54) is 5.57 Å². The van der Waals surface area contributed by atoms with Gasteiger partial charge in [-0.3, -0.25) is 5.32 Å². The lowest BCUT2D eigenvalue weighted by molar-refractivity contribution is 0.170. The van der Waals surface area contributed by atoms with Gasteiger partial charge in [-0.2, -0.15) is 0 Å². The normalized spacial score (nSPS) is 11.1. The molecule has 0 radical (unpaired) electrons. The van der Waals surface area contributed by atoms with Crippen LogP contribution in [-0.4, -0.2) is 12.7 Å². The molecule has 0 aliphatic rings.